The number of primary sulfonamides is 1. The first-order chi connectivity index (χ1) is 10.9. The Kier molecular flexibility index (Phi) is 3.78. The first-order valence-corrected chi connectivity index (χ1v) is 8.56. The van der Waals surface area contributed by atoms with Crippen LogP contribution in [0.15, 0.2) is 47.4 Å². The fourth-order valence-corrected chi connectivity index (χ4v) is 3.39. The van der Waals surface area contributed by atoms with Gasteiger partial charge in [-0.05, 0) is 36.1 Å². The predicted octanol–water partition coefficient (Wildman–Crippen LogP) is 2.34. The SMILES string of the molecule is NS(=O)(=O)c1ccc(NC2CCc3ccccc32)c([N+](=O)[O-])c1. The van der Waals surface area contributed by atoms with E-state index in [-0.39, 0.29) is 22.3 Å². The fraction of sp³-hybridized carbons (Fsp3) is 0.200. The maximum absolute atomic E-state index is 11.4. The number of nitro groups is 1. The van der Waals surface area contributed by atoms with Crippen LogP contribution in [-0.4, -0.2) is 13.3 Å². The summed E-state index contributed by atoms with van der Waals surface area (Å²) < 4.78 is 22.7. The fourth-order valence-electron chi connectivity index (χ4n) is 2.86. The van der Waals surface area contributed by atoms with Crippen molar-refractivity contribution in [2.75, 3.05) is 5.32 Å². The lowest BCUT2D eigenvalue weighted by Crippen LogP contribution is -2.13. The lowest BCUT2D eigenvalue weighted by Gasteiger charge is -2.16. The van der Waals surface area contributed by atoms with Gasteiger partial charge in [-0.25, -0.2) is 13.6 Å². The van der Waals surface area contributed by atoms with Crippen LogP contribution in [0.4, 0.5) is 11.4 Å². The molecule has 0 amide bonds. The van der Waals surface area contributed by atoms with Gasteiger partial charge in [0.25, 0.3) is 5.69 Å². The second-order valence-corrected chi connectivity index (χ2v) is 6.98. The van der Waals surface area contributed by atoms with Crippen LogP contribution in [0.5, 0.6) is 0 Å². The Morgan fingerprint density at radius 1 is 1.22 bits per heavy atom. The zero-order valence-corrected chi connectivity index (χ0v) is 12.9. The largest absolute Gasteiger partial charge is 0.373 e. The number of nitrogens with two attached hydrogens (primary N) is 1. The Balaban J connectivity index is 1.96. The van der Waals surface area contributed by atoms with E-state index >= 15 is 0 Å². The van der Waals surface area contributed by atoms with Crippen LogP contribution in [-0.2, 0) is 16.4 Å². The standard InChI is InChI=1S/C15H15N3O4S/c16-23(21,22)11-6-8-14(15(9-11)18(19)20)17-13-7-5-10-3-1-2-4-12(10)13/h1-4,6,8-9,13,17H,5,7H2,(H2,16,21,22). The van der Waals surface area contributed by atoms with E-state index in [1.165, 1.54) is 17.7 Å². The molecule has 0 bridgehead atoms. The van der Waals surface area contributed by atoms with E-state index in [1.807, 2.05) is 24.3 Å². The molecule has 23 heavy (non-hydrogen) atoms. The van der Waals surface area contributed by atoms with Gasteiger partial charge in [0.15, 0.2) is 0 Å². The molecule has 0 fully saturated rings. The van der Waals surface area contributed by atoms with Crippen LogP contribution in [0.2, 0.25) is 0 Å². The number of nitro benzene ring substituents is 1. The van der Waals surface area contributed by atoms with Crippen LogP contribution in [0.3, 0.4) is 0 Å². The van der Waals surface area contributed by atoms with E-state index < -0.39 is 14.9 Å². The van der Waals surface area contributed by atoms with E-state index in [4.69, 9.17) is 5.14 Å². The zero-order chi connectivity index (χ0) is 16.6. The Bertz CT molecular complexity index is 880. The Hall–Kier alpha value is -2.45. The highest BCUT2D eigenvalue weighted by Gasteiger charge is 2.25. The average molecular weight is 333 g/mol. The summed E-state index contributed by atoms with van der Waals surface area (Å²) in [5, 5.41) is 19.4. The minimum absolute atomic E-state index is 0.0368. The number of rotatable bonds is 4. The number of nitrogens with one attached hydrogen (secondary N) is 1. The zero-order valence-electron chi connectivity index (χ0n) is 12.1. The molecule has 3 rings (SSSR count). The molecular formula is C15H15N3O4S. The van der Waals surface area contributed by atoms with Gasteiger partial charge >= 0.3 is 0 Å². The van der Waals surface area contributed by atoms with Crippen molar-refractivity contribution < 1.29 is 13.3 Å². The highest BCUT2D eigenvalue weighted by atomic mass is 32.2. The molecule has 0 saturated heterocycles. The van der Waals surface area contributed by atoms with E-state index in [0.29, 0.717) is 0 Å². The Morgan fingerprint density at radius 3 is 2.65 bits per heavy atom. The summed E-state index contributed by atoms with van der Waals surface area (Å²) in [6, 6.07) is 11.5. The number of benzene rings is 2. The summed E-state index contributed by atoms with van der Waals surface area (Å²) >= 11 is 0. The van der Waals surface area contributed by atoms with Crippen molar-refractivity contribution in [3.63, 3.8) is 0 Å². The summed E-state index contributed by atoms with van der Waals surface area (Å²) in [6.07, 6.45) is 1.73. The van der Waals surface area contributed by atoms with Crippen LogP contribution >= 0.6 is 0 Å². The number of anilines is 1. The molecule has 2 aromatic carbocycles. The second-order valence-electron chi connectivity index (χ2n) is 5.42. The maximum Gasteiger partial charge on any atom is 0.293 e. The second kappa shape index (κ2) is 5.64. The Labute approximate surface area is 133 Å². The molecule has 1 unspecified atom stereocenters. The summed E-state index contributed by atoms with van der Waals surface area (Å²) in [7, 11) is -3.98. The molecule has 3 N–H and O–H groups in total. The molecule has 1 atom stereocenters. The summed E-state index contributed by atoms with van der Waals surface area (Å²) in [5.41, 5.74) is 2.30. The quantitative estimate of drug-likeness (QED) is 0.658. The molecule has 2 aromatic rings. The lowest BCUT2D eigenvalue weighted by atomic mass is 10.1. The van der Waals surface area contributed by atoms with Crippen LogP contribution in [0, 0.1) is 10.1 Å². The van der Waals surface area contributed by atoms with Gasteiger partial charge < -0.3 is 5.32 Å². The molecular weight excluding hydrogens is 318 g/mol. The molecule has 0 radical (unpaired) electrons. The first kappa shape index (κ1) is 15.4. The van der Waals surface area contributed by atoms with Gasteiger partial charge in [-0.2, -0.15) is 0 Å². The van der Waals surface area contributed by atoms with Crippen LogP contribution < -0.4 is 10.5 Å². The molecule has 120 valence electrons. The number of hydrogen-bond acceptors (Lipinski definition) is 5. The third-order valence-corrected chi connectivity index (χ3v) is 4.87. The van der Waals surface area contributed by atoms with Crippen molar-refractivity contribution in [2.24, 2.45) is 5.14 Å². The van der Waals surface area contributed by atoms with Crippen molar-refractivity contribution in [1.29, 1.82) is 0 Å². The number of nitrogens with zero attached hydrogens (tertiary/aromatic N) is 1. The summed E-state index contributed by atoms with van der Waals surface area (Å²) in [4.78, 5) is 10.4. The number of fused-ring (bicyclic) bond motifs is 1. The van der Waals surface area contributed by atoms with E-state index in [2.05, 4.69) is 5.32 Å². The molecule has 1 aliphatic rings. The third-order valence-electron chi connectivity index (χ3n) is 3.96. The van der Waals surface area contributed by atoms with Gasteiger partial charge in [0.05, 0.1) is 15.9 Å². The van der Waals surface area contributed by atoms with Gasteiger partial charge in [0.2, 0.25) is 10.0 Å². The molecule has 0 aromatic heterocycles. The van der Waals surface area contributed by atoms with Crippen molar-refractivity contribution in [2.45, 2.75) is 23.8 Å². The Morgan fingerprint density at radius 2 is 1.96 bits per heavy atom. The van der Waals surface area contributed by atoms with Gasteiger partial charge in [0, 0.05) is 6.07 Å². The first-order valence-electron chi connectivity index (χ1n) is 7.02. The number of sulfonamides is 1. The van der Waals surface area contributed by atoms with Crippen LogP contribution in [0.25, 0.3) is 0 Å². The van der Waals surface area contributed by atoms with Gasteiger partial charge in [-0.1, -0.05) is 24.3 Å². The molecule has 0 saturated carbocycles. The number of aryl methyl sites for hydroxylation is 1. The van der Waals surface area contributed by atoms with E-state index in [0.717, 1.165) is 24.5 Å². The predicted molar refractivity (Wildman–Crippen MR) is 85.6 cm³/mol. The normalized spacial score (nSPS) is 16.8. The van der Waals surface area contributed by atoms with Crippen LogP contribution in [0.1, 0.15) is 23.6 Å². The summed E-state index contributed by atoms with van der Waals surface area (Å²) in [5.74, 6) is 0. The monoisotopic (exact) mass is 333 g/mol. The van der Waals surface area contributed by atoms with Gasteiger partial charge in [-0.3, -0.25) is 10.1 Å². The number of hydrogen-bond donors (Lipinski definition) is 2. The molecule has 7 nitrogen and oxygen atoms in total. The van der Waals surface area contributed by atoms with E-state index in [9.17, 15) is 18.5 Å². The van der Waals surface area contributed by atoms with Gasteiger partial charge in [-0.15, -0.1) is 0 Å². The van der Waals surface area contributed by atoms with Crippen molar-refractivity contribution in [3.8, 4) is 0 Å². The minimum Gasteiger partial charge on any atom is -0.373 e. The van der Waals surface area contributed by atoms with Crippen molar-refractivity contribution in [1.82, 2.24) is 0 Å². The smallest absolute Gasteiger partial charge is 0.293 e. The molecule has 0 spiro atoms. The highest BCUT2D eigenvalue weighted by molar-refractivity contribution is 7.89. The third kappa shape index (κ3) is 3.03. The molecule has 1 aliphatic carbocycles. The molecule has 0 heterocycles. The van der Waals surface area contributed by atoms with E-state index in [1.54, 1.807) is 0 Å². The lowest BCUT2D eigenvalue weighted by molar-refractivity contribution is -0.384. The minimum atomic E-state index is -3.98. The topological polar surface area (TPSA) is 115 Å². The average Bonchev–Trinajstić information content (AvgIpc) is 2.90. The van der Waals surface area contributed by atoms with Crippen molar-refractivity contribution in [3.05, 3.63) is 63.7 Å². The summed E-state index contributed by atoms with van der Waals surface area (Å²) in [6.45, 7) is 0. The highest BCUT2D eigenvalue weighted by Crippen LogP contribution is 2.36. The van der Waals surface area contributed by atoms with Crippen molar-refractivity contribution >= 4 is 21.4 Å². The molecule has 0 aliphatic heterocycles. The van der Waals surface area contributed by atoms with Gasteiger partial charge in [0.1, 0.15) is 5.69 Å². The molecule has 8 heteroatoms. The maximum atomic E-state index is 11.4.